The highest BCUT2D eigenvalue weighted by Crippen LogP contribution is 2.38. The first kappa shape index (κ1) is 16.7. The lowest BCUT2D eigenvalue weighted by Gasteiger charge is -2.37. The normalized spacial score (nSPS) is 18.0. The van der Waals surface area contributed by atoms with Crippen LogP contribution in [0.15, 0.2) is 40.2 Å². The number of hydrogen-bond donors (Lipinski definition) is 1. The fourth-order valence-corrected chi connectivity index (χ4v) is 4.88. The maximum Gasteiger partial charge on any atom is 0.306 e. The van der Waals surface area contributed by atoms with E-state index < -0.39 is 5.97 Å². The molecule has 1 aromatic heterocycles. The minimum atomic E-state index is -0.657. The van der Waals surface area contributed by atoms with Crippen LogP contribution in [0.1, 0.15) is 34.9 Å². The number of carboxylic acids is 1. The summed E-state index contributed by atoms with van der Waals surface area (Å²) in [6.45, 7) is 3.80. The van der Waals surface area contributed by atoms with Gasteiger partial charge in [0.15, 0.2) is 0 Å². The number of halogens is 1. The van der Waals surface area contributed by atoms with Crippen LogP contribution < -0.4 is 0 Å². The first-order valence-corrected chi connectivity index (χ1v) is 9.45. The summed E-state index contributed by atoms with van der Waals surface area (Å²) >= 11 is 5.33. The third-order valence-electron chi connectivity index (χ3n) is 4.59. The predicted octanol–water partition coefficient (Wildman–Crippen LogP) is 4.71. The zero-order valence-corrected chi connectivity index (χ0v) is 15.4. The van der Waals surface area contributed by atoms with Gasteiger partial charge in [-0.25, -0.2) is 0 Å². The Bertz CT molecular complexity index is 692. The lowest BCUT2D eigenvalue weighted by Crippen LogP contribution is -2.39. The van der Waals surface area contributed by atoms with E-state index in [1.807, 2.05) is 0 Å². The van der Waals surface area contributed by atoms with Gasteiger partial charge in [-0.3, -0.25) is 9.69 Å². The Hall–Kier alpha value is -1.17. The van der Waals surface area contributed by atoms with E-state index >= 15 is 0 Å². The van der Waals surface area contributed by atoms with Crippen molar-refractivity contribution < 1.29 is 9.90 Å². The van der Waals surface area contributed by atoms with E-state index in [4.69, 9.17) is 0 Å². The van der Waals surface area contributed by atoms with E-state index in [0.717, 1.165) is 29.7 Å². The molecule has 3 rings (SSSR count). The highest BCUT2D eigenvalue weighted by Gasteiger charge is 2.31. The molecule has 2 aromatic rings. The SMILES string of the molecule is Cc1ccccc1C(c1ccc(Br)s1)N1CCC(C(=O)O)CC1. The van der Waals surface area contributed by atoms with Crippen LogP contribution in [0.25, 0.3) is 0 Å². The Balaban J connectivity index is 1.91. The van der Waals surface area contributed by atoms with E-state index in [1.165, 1.54) is 16.0 Å². The average Bonchev–Trinajstić information content (AvgIpc) is 2.96. The van der Waals surface area contributed by atoms with Gasteiger partial charge in [0.2, 0.25) is 0 Å². The van der Waals surface area contributed by atoms with Crippen LogP contribution in [-0.4, -0.2) is 29.1 Å². The van der Waals surface area contributed by atoms with Crippen LogP contribution in [0.4, 0.5) is 0 Å². The van der Waals surface area contributed by atoms with Crippen LogP contribution in [0, 0.1) is 12.8 Å². The minimum Gasteiger partial charge on any atom is -0.481 e. The molecule has 1 N–H and O–H groups in total. The molecule has 0 bridgehead atoms. The number of benzene rings is 1. The maximum absolute atomic E-state index is 11.2. The number of carboxylic acid groups (broad SMARTS) is 1. The van der Waals surface area contributed by atoms with Gasteiger partial charge in [-0.1, -0.05) is 24.3 Å². The molecule has 0 saturated carbocycles. The Morgan fingerprint density at radius 1 is 1.26 bits per heavy atom. The third kappa shape index (κ3) is 3.67. The second-order valence-corrected chi connectivity index (χ2v) is 8.54. The Morgan fingerprint density at radius 2 is 1.96 bits per heavy atom. The summed E-state index contributed by atoms with van der Waals surface area (Å²) in [5.41, 5.74) is 2.60. The average molecular weight is 394 g/mol. The van der Waals surface area contributed by atoms with Crippen molar-refractivity contribution in [3.63, 3.8) is 0 Å². The smallest absolute Gasteiger partial charge is 0.306 e. The molecule has 1 aromatic carbocycles. The van der Waals surface area contributed by atoms with Gasteiger partial charge < -0.3 is 5.11 Å². The van der Waals surface area contributed by atoms with Gasteiger partial charge in [0.1, 0.15) is 0 Å². The Labute approximate surface area is 149 Å². The number of likely N-dealkylation sites (tertiary alicyclic amines) is 1. The van der Waals surface area contributed by atoms with E-state index in [-0.39, 0.29) is 12.0 Å². The summed E-state index contributed by atoms with van der Waals surface area (Å²) in [6.07, 6.45) is 1.45. The number of aryl methyl sites for hydroxylation is 1. The topological polar surface area (TPSA) is 40.5 Å². The molecular weight excluding hydrogens is 374 g/mol. The van der Waals surface area contributed by atoms with Crippen molar-refractivity contribution >= 4 is 33.2 Å². The third-order valence-corrected chi connectivity index (χ3v) is 6.27. The van der Waals surface area contributed by atoms with Gasteiger partial charge in [0.25, 0.3) is 0 Å². The molecule has 3 nitrogen and oxygen atoms in total. The molecule has 1 fully saturated rings. The van der Waals surface area contributed by atoms with Gasteiger partial charge in [-0.2, -0.15) is 0 Å². The quantitative estimate of drug-likeness (QED) is 0.817. The minimum absolute atomic E-state index is 0.196. The monoisotopic (exact) mass is 393 g/mol. The van der Waals surface area contributed by atoms with E-state index in [1.54, 1.807) is 11.3 Å². The highest BCUT2D eigenvalue weighted by atomic mass is 79.9. The molecule has 5 heteroatoms. The molecule has 1 unspecified atom stereocenters. The molecule has 0 radical (unpaired) electrons. The van der Waals surface area contributed by atoms with Crippen LogP contribution in [0.2, 0.25) is 0 Å². The van der Waals surface area contributed by atoms with Gasteiger partial charge in [-0.05, 0) is 72.0 Å². The summed E-state index contributed by atoms with van der Waals surface area (Å²) in [5, 5.41) is 9.22. The van der Waals surface area contributed by atoms with Gasteiger partial charge in [-0.15, -0.1) is 11.3 Å². The molecule has 0 spiro atoms. The Morgan fingerprint density at radius 3 is 2.52 bits per heavy atom. The second kappa shape index (κ2) is 7.16. The number of thiophene rings is 1. The number of nitrogens with zero attached hydrogens (tertiary/aromatic N) is 1. The van der Waals surface area contributed by atoms with E-state index in [9.17, 15) is 9.90 Å². The number of rotatable bonds is 4. The molecule has 1 saturated heterocycles. The largest absolute Gasteiger partial charge is 0.481 e. The fraction of sp³-hybridized carbons (Fsp3) is 0.389. The molecule has 2 heterocycles. The first-order chi connectivity index (χ1) is 11.1. The predicted molar refractivity (Wildman–Crippen MR) is 97.0 cm³/mol. The first-order valence-electron chi connectivity index (χ1n) is 7.84. The van der Waals surface area contributed by atoms with Crippen molar-refractivity contribution in [2.24, 2.45) is 5.92 Å². The van der Waals surface area contributed by atoms with E-state index in [0.29, 0.717) is 0 Å². The number of aliphatic carboxylic acids is 1. The van der Waals surface area contributed by atoms with Gasteiger partial charge in [0, 0.05) is 4.88 Å². The molecule has 0 amide bonds. The van der Waals surface area contributed by atoms with Crippen molar-refractivity contribution in [1.82, 2.24) is 4.90 Å². The summed E-state index contributed by atoms with van der Waals surface area (Å²) < 4.78 is 1.13. The van der Waals surface area contributed by atoms with Crippen LogP contribution >= 0.6 is 27.3 Å². The number of hydrogen-bond acceptors (Lipinski definition) is 3. The summed E-state index contributed by atoms with van der Waals surface area (Å²) in [7, 11) is 0. The molecule has 23 heavy (non-hydrogen) atoms. The van der Waals surface area contributed by atoms with E-state index in [2.05, 4.69) is 64.2 Å². The van der Waals surface area contributed by atoms with Crippen molar-refractivity contribution in [3.05, 3.63) is 56.2 Å². The number of carbonyl (C=O) groups is 1. The summed E-state index contributed by atoms with van der Waals surface area (Å²) in [4.78, 5) is 14.9. The fourth-order valence-electron chi connectivity index (χ4n) is 3.30. The molecule has 1 aliphatic rings. The molecular formula is C18H20BrNO2S. The van der Waals surface area contributed by atoms with Crippen LogP contribution in [0.5, 0.6) is 0 Å². The summed E-state index contributed by atoms with van der Waals surface area (Å²) in [5.74, 6) is -0.852. The highest BCUT2D eigenvalue weighted by molar-refractivity contribution is 9.11. The molecule has 1 aliphatic heterocycles. The summed E-state index contributed by atoms with van der Waals surface area (Å²) in [6, 6.07) is 13.0. The number of piperidine rings is 1. The lowest BCUT2D eigenvalue weighted by atomic mass is 9.92. The maximum atomic E-state index is 11.2. The van der Waals surface area contributed by atoms with Crippen LogP contribution in [-0.2, 0) is 4.79 Å². The van der Waals surface area contributed by atoms with Gasteiger partial charge >= 0.3 is 5.97 Å². The van der Waals surface area contributed by atoms with Crippen LogP contribution in [0.3, 0.4) is 0 Å². The van der Waals surface area contributed by atoms with Crippen molar-refractivity contribution in [3.8, 4) is 0 Å². The molecule has 0 aliphatic carbocycles. The van der Waals surface area contributed by atoms with Crippen molar-refractivity contribution in [2.75, 3.05) is 13.1 Å². The molecule has 122 valence electrons. The van der Waals surface area contributed by atoms with Crippen molar-refractivity contribution in [2.45, 2.75) is 25.8 Å². The lowest BCUT2D eigenvalue weighted by molar-refractivity contribution is -0.143. The zero-order chi connectivity index (χ0) is 16.4. The van der Waals surface area contributed by atoms with Gasteiger partial charge in [0.05, 0.1) is 15.7 Å². The van der Waals surface area contributed by atoms with Crippen molar-refractivity contribution in [1.29, 1.82) is 0 Å². The zero-order valence-electron chi connectivity index (χ0n) is 13.0. The standard InChI is InChI=1S/C18H20BrNO2S/c1-12-4-2-3-5-14(12)17(15-6-7-16(19)23-15)20-10-8-13(9-11-20)18(21)22/h2-7,13,17H,8-11H2,1H3,(H,21,22). The molecule has 1 atom stereocenters. The second-order valence-electron chi connectivity index (χ2n) is 6.05. The Kier molecular flexibility index (Phi) is 5.19.